The van der Waals surface area contributed by atoms with Gasteiger partial charge in [0, 0.05) is 18.6 Å². The fraction of sp³-hybridized carbons (Fsp3) is 0.778. The molecule has 0 amide bonds. The van der Waals surface area contributed by atoms with E-state index in [-0.39, 0.29) is 16.1 Å². The number of carbonyl (C=O) groups is 2. The largest absolute Gasteiger partial charge is 0.300 e. The highest BCUT2D eigenvalue weighted by molar-refractivity contribution is 8.14. The van der Waals surface area contributed by atoms with E-state index in [0.29, 0.717) is 6.42 Å². The first-order valence-corrected chi connectivity index (χ1v) is 5.10. The Balaban J connectivity index is 3.85. The van der Waals surface area contributed by atoms with E-state index in [4.69, 9.17) is 0 Å². The molecule has 3 heteroatoms. The van der Waals surface area contributed by atoms with Gasteiger partial charge in [-0.05, 0) is 13.3 Å². The minimum absolute atomic E-state index is 0.106. The summed E-state index contributed by atoms with van der Waals surface area (Å²) in [5, 5.41) is 0.305. The van der Waals surface area contributed by atoms with E-state index in [2.05, 4.69) is 6.92 Å². The van der Waals surface area contributed by atoms with Crippen molar-refractivity contribution in [1.29, 1.82) is 0 Å². The third kappa shape index (κ3) is 6.40. The van der Waals surface area contributed by atoms with Gasteiger partial charge in [0.1, 0.15) is 5.78 Å². The van der Waals surface area contributed by atoms with E-state index < -0.39 is 0 Å². The molecule has 0 radical (unpaired) electrons. The first-order valence-electron chi connectivity index (χ1n) is 4.23. The van der Waals surface area contributed by atoms with Gasteiger partial charge in [0.05, 0.1) is 0 Å². The van der Waals surface area contributed by atoms with Gasteiger partial charge in [-0.3, -0.25) is 9.59 Å². The van der Waals surface area contributed by atoms with Crippen molar-refractivity contribution in [2.24, 2.45) is 0 Å². The Hall–Kier alpha value is -0.310. The molecule has 0 saturated carbocycles. The average Bonchev–Trinajstić information content (AvgIpc) is 1.84. The van der Waals surface area contributed by atoms with Gasteiger partial charge in [0.25, 0.3) is 0 Å². The Morgan fingerprint density at radius 1 is 1.33 bits per heavy atom. The van der Waals surface area contributed by atoms with E-state index in [1.165, 1.54) is 11.8 Å². The lowest BCUT2D eigenvalue weighted by Crippen LogP contribution is -2.09. The van der Waals surface area contributed by atoms with E-state index in [1.54, 1.807) is 13.8 Å². The second-order valence-electron chi connectivity index (χ2n) is 2.93. The maximum absolute atomic E-state index is 10.8. The number of carbonyl (C=O) groups excluding carboxylic acids is 2. The van der Waals surface area contributed by atoms with Crippen LogP contribution in [0, 0.1) is 0 Å². The van der Waals surface area contributed by atoms with Crippen LogP contribution in [-0.4, -0.2) is 16.1 Å². The van der Waals surface area contributed by atoms with Crippen LogP contribution in [0.4, 0.5) is 0 Å². The van der Waals surface area contributed by atoms with Gasteiger partial charge < -0.3 is 0 Å². The molecular formula is C9H16O2S. The number of Topliss-reactive ketones (excluding diaryl/α,β-unsaturated/α-hetero) is 1. The van der Waals surface area contributed by atoms with Crippen molar-refractivity contribution in [2.75, 3.05) is 0 Å². The summed E-state index contributed by atoms with van der Waals surface area (Å²) in [4.78, 5) is 21.5. The van der Waals surface area contributed by atoms with Crippen molar-refractivity contribution in [3.63, 3.8) is 0 Å². The van der Waals surface area contributed by atoms with Crippen LogP contribution < -0.4 is 0 Å². The van der Waals surface area contributed by atoms with Crippen LogP contribution in [0.2, 0.25) is 0 Å². The Morgan fingerprint density at radius 2 is 1.92 bits per heavy atom. The second kappa shape index (κ2) is 6.23. The van der Waals surface area contributed by atoms with Crippen LogP contribution in [0.15, 0.2) is 0 Å². The zero-order valence-corrected chi connectivity index (χ0v) is 8.74. The van der Waals surface area contributed by atoms with E-state index in [9.17, 15) is 9.59 Å². The lowest BCUT2D eigenvalue weighted by atomic mass is 10.1. The summed E-state index contributed by atoms with van der Waals surface area (Å²) in [6, 6.07) is 0. The molecule has 2 nitrogen and oxygen atoms in total. The van der Waals surface area contributed by atoms with Crippen molar-refractivity contribution >= 4 is 22.7 Å². The van der Waals surface area contributed by atoms with Crippen molar-refractivity contribution in [1.82, 2.24) is 0 Å². The Kier molecular flexibility index (Phi) is 6.07. The molecule has 0 fully saturated rings. The van der Waals surface area contributed by atoms with Crippen LogP contribution in [0.25, 0.3) is 0 Å². The molecule has 0 aromatic carbocycles. The molecule has 0 N–H and O–H groups in total. The maximum atomic E-state index is 10.8. The molecule has 0 saturated heterocycles. The molecule has 0 aliphatic heterocycles. The van der Waals surface area contributed by atoms with E-state index in [1.807, 2.05) is 0 Å². The highest BCUT2D eigenvalue weighted by atomic mass is 32.2. The number of rotatable bonds is 5. The molecule has 0 bridgehead atoms. The smallest absolute Gasteiger partial charge is 0.186 e. The first kappa shape index (κ1) is 11.7. The molecule has 1 atom stereocenters. The molecule has 1 unspecified atom stereocenters. The summed E-state index contributed by atoms with van der Waals surface area (Å²) in [5.74, 6) is 0.169. The van der Waals surface area contributed by atoms with Gasteiger partial charge in [-0.2, -0.15) is 0 Å². The third-order valence-electron chi connectivity index (χ3n) is 1.46. The van der Waals surface area contributed by atoms with Crippen LogP contribution in [-0.2, 0) is 9.59 Å². The van der Waals surface area contributed by atoms with Crippen molar-refractivity contribution in [3.8, 4) is 0 Å². The fourth-order valence-corrected chi connectivity index (χ4v) is 2.22. The molecule has 0 aliphatic rings. The quantitative estimate of drug-likeness (QED) is 0.664. The summed E-state index contributed by atoms with van der Waals surface area (Å²) < 4.78 is 0. The lowest BCUT2D eigenvalue weighted by molar-refractivity contribution is -0.117. The van der Waals surface area contributed by atoms with Crippen molar-refractivity contribution < 1.29 is 9.59 Å². The summed E-state index contributed by atoms with van der Waals surface area (Å²) >= 11 is 1.29. The molecule has 0 aromatic heterocycles. The Bertz CT molecular complexity index is 150. The summed E-state index contributed by atoms with van der Waals surface area (Å²) in [6.07, 6.45) is 2.50. The summed E-state index contributed by atoms with van der Waals surface area (Å²) in [6.45, 7) is 5.19. The van der Waals surface area contributed by atoms with Gasteiger partial charge in [-0.15, -0.1) is 0 Å². The number of hydrogen-bond donors (Lipinski definition) is 0. The Morgan fingerprint density at radius 3 is 2.25 bits per heavy atom. The summed E-state index contributed by atoms with van der Waals surface area (Å²) in [5.41, 5.74) is 0. The monoisotopic (exact) mass is 188 g/mol. The van der Waals surface area contributed by atoms with Crippen LogP contribution in [0.1, 0.15) is 40.0 Å². The molecule has 12 heavy (non-hydrogen) atoms. The predicted molar refractivity (Wildman–Crippen MR) is 52.3 cm³/mol. The van der Waals surface area contributed by atoms with Crippen molar-refractivity contribution in [3.05, 3.63) is 0 Å². The number of ketones is 1. The first-order chi connectivity index (χ1) is 5.56. The molecule has 0 aromatic rings. The minimum Gasteiger partial charge on any atom is -0.300 e. The third-order valence-corrected chi connectivity index (χ3v) is 2.53. The van der Waals surface area contributed by atoms with Gasteiger partial charge in [-0.25, -0.2) is 0 Å². The second-order valence-corrected chi connectivity index (χ2v) is 4.40. The summed E-state index contributed by atoms with van der Waals surface area (Å²) in [7, 11) is 0. The molecule has 70 valence electrons. The zero-order valence-electron chi connectivity index (χ0n) is 7.92. The average molecular weight is 188 g/mol. The normalized spacial score (nSPS) is 12.6. The minimum atomic E-state index is 0.106. The number of thioether (sulfide) groups is 1. The van der Waals surface area contributed by atoms with Crippen molar-refractivity contribution in [2.45, 2.75) is 45.3 Å². The highest BCUT2D eigenvalue weighted by Crippen LogP contribution is 2.20. The predicted octanol–water partition coefficient (Wildman–Crippen LogP) is 2.41. The zero-order chi connectivity index (χ0) is 9.56. The molecule has 0 spiro atoms. The maximum Gasteiger partial charge on any atom is 0.186 e. The fourth-order valence-electron chi connectivity index (χ4n) is 1.08. The molecule has 0 heterocycles. The standard InChI is InChI=1S/C9H16O2S/c1-4-5-9(6-7(2)10)12-8(3)11/h9H,4-6H2,1-3H3. The Labute approximate surface area is 78.1 Å². The molecular weight excluding hydrogens is 172 g/mol. The lowest BCUT2D eigenvalue weighted by Gasteiger charge is -2.10. The van der Waals surface area contributed by atoms with Crippen LogP contribution >= 0.6 is 11.8 Å². The molecule has 0 aliphatic carbocycles. The van der Waals surface area contributed by atoms with Gasteiger partial charge in [-0.1, -0.05) is 25.1 Å². The number of hydrogen-bond acceptors (Lipinski definition) is 3. The highest BCUT2D eigenvalue weighted by Gasteiger charge is 2.12. The van der Waals surface area contributed by atoms with E-state index in [0.717, 1.165) is 12.8 Å². The topological polar surface area (TPSA) is 34.1 Å². The van der Waals surface area contributed by atoms with Gasteiger partial charge in [0.15, 0.2) is 5.12 Å². The van der Waals surface area contributed by atoms with Gasteiger partial charge in [0.2, 0.25) is 0 Å². The van der Waals surface area contributed by atoms with E-state index >= 15 is 0 Å². The molecule has 0 rings (SSSR count). The van der Waals surface area contributed by atoms with Gasteiger partial charge >= 0.3 is 0 Å². The van der Waals surface area contributed by atoms with Crippen LogP contribution in [0.5, 0.6) is 0 Å². The SMILES string of the molecule is CCCC(CC(C)=O)SC(C)=O. The van der Waals surface area contributed by atoms with Crippen LogP contribution in [0.3, 0.4) is 0 Å².